The van der Waals surface area contributed by atoms with Gasteiger partial charge in [0.2, 0.25) is 0 Å². The van der Waals surface area contributed by atoms with E-state index in [1.54, 1.807) is 24.3 Å². The highest BCUT2D eigenvalue weighted by Gasteiger charge is 2.24. The van der Waals surface area contributed by atoms with Crippen molar-refractivity contribution in [1.82, 2.24) is 5.16 Å². The van der Waals surface area contributed by atoms with E-state index in [9.17, 15) is 4.79 Å². The minimum absolute atomic E-state index is 0.104. The normalized spacial score (nSPS) is 12.4. The standard InChI is InChI=1S/C30H25Cl2NO4/c1-17(2)29-24(28(33-37-29)27-25(31)8-5-9-26(27)32)16-36-23-11-10-19-13-21(14-22(19)15-23)18-6-4-7-20(12-18)30(34)35-3/h4-12,14-15,17H,13,16H2,1-3H3. The van der Waals surface area contributed by atoms with Crippen molar-refractivity contribution in [2.75, 3.05) is 7.11 Å². The lowest BCUT2D eigenvalue weighted by Gasteiger charge is -2.11. The van der Waals surface area contributed by atoms with Gasteiger partial charge in [0.1, 0.15) is 23.8 Å². The van der Waals surface area contributed by atoms with Crippen LogP contribution in [0, 0.1) is 0 Å². The second kappa shape index (κ2) is 10.4. The van der Waals surface area contributed by atoms with E-state index in [1.807, 2.05) is 44.2 Å². The van der Waals surface area contributed by atoms with Crippen LogP contribution >= 0.6 is 23.2 Å². The summed E-state index contributed by atoms with van der Waals surface area (Å²) in [6, 6.07) is 18.9. The van der Waals surface area contributed by atoms with E-state index in [2.05, 4.69) is 17.3 Å². The van der Waals surface area contributed by atoms with Gasteiger partial charge in [0, 0.05) is 11.5 Å². The molecule has 0 radical (unpaired) electrons. The zero-order chi connectivity index (χ0) is 26.1. The van der Waals surface area contributed by atoms with Crippen LogP contribution in [0.2, 0.25) is 10.0 Å². The summed E-state index contributed by atoms with van der Waals surface area (Å²) in [5.74, 6) is 1.22. The number of rotatable bonds is 7. The van der Waals surface area contributed by atoms with Crippen molar-refractivity contribution in [3.05, 3.63) is 104 Å². The maximum absolute atomic E-state index is 11.9. The molecule has 7 heteroatoms. The smallest absolute Gasteiger partial charge is 0.337 e. The first-order valence-corrected chi connectivity index (χ1v) is 12.7. The molecule has 3 aromatic carbocycles. The fourth-order valence-electron chi connectivity index (χ4n) is 4.54. The van der Waals surface area contributed by atoms with Gasteiger partial charge in [-0.05, 0) is 65.1 Å². The Morgan fingerprint density at radius 3 is 2.54 bits per heavy atom. The molecule has 0 fully saturated rings. The van der Waals surface area contributed by atoms with Crippen molar-refractivity contribution >= 4 is 40.8 Å². The minimum atomic E-state index is -0.347. The molecule has 0 N–H and O–H groups in total. The summed E-state index contributed by atoms with van der Waals surface area (Å²) in [5, 5.41) is 5.31. The van der Waals surface area contributed by atoms with Crippen LogP contribution in [0.15, 0.2) is 65.2 Å². The SMILES string of the molecule is COC(=O)c1cccc(C2=Cc3cc(OCc4c(-c5c(Cl)cccc5Cl)noc4C(C)C)ccc3C2)c1. The first-order valence-electron chi connectivity index (χ1n) is 11.9. The molecule has 5 nitrogen and oxygen atoms in total. The average molecular weight is 534 g/mol. The highest BCUT2D eigenvalue weighted by atomic mass is 35.5. The molecule has 0 unspecified atom stereocenters. The molecule has 1 heterocycles. The summed E-state index contributed by atoms with van der Waals surface area (Å²) < 4.78 is 16.8. The number of fused-ring (bicyclic) bond motifs is 1. The van der Waals surface area contributed by atoms with Crippen molar-refractivity contribution < 1.29 is 18.8 Å². The lowest BCUT2D eigenvalue weighted by molar-refractivity contribution is 0.0600. The molecule has 0 bridgehead atoms. The number of nitrogens with zero attached hydrogens (tertiary/aromatic N) is 1. The fourth-order valence-corrected chi connectivity index (χ4v) is 5.12. The molecule has 1 aromatic heterocycles. The van der Waals surface area contributed by atoms with Crippen molar-refractivity contribution in [3.63, 3.8) is 0 Å². The van der Waals surface area contributed by atoms with Crippen LogP contribution in [0.5, 0.6) is 5.75 Å². The Bertz CT molecular complexity index is 1500. The number of ether oxygens (including phenoxy) is 2. The zero-order valence-corrected chi connectivity index (χ0v) is 22.2. The highest BCUT2D eigenvalue weighted by molar-refractivity contribution is 6.39. The second-order valence-electron chi connectivity index (χ2n) is 9.19. The van der Waals surface area contributed by atoms with Gasteiger partial charge in [-0.3, -0.25) is 0 Å². The van der Waals surface area contributed by atoms with Gasteiger partial charge in [-0.2, -0.15) is 0 Å². The van der Waals surface area contributed by atoms with Crippen molar-refractivity contribution in [1.29, 1.82) is 0 Å². The lowest BCUT2D eigenvalue weighted by Crippen LogP contribution is -2.01. The van der Waals surface area contributed by atoms with E-state index in [-0.39, 0.29) is 18.5 Å². The van der Waals surface area contributed by atoms with E-state index >= 15 is 0 Å². The van der Waals surface area contributed by atoms with Gasteiger partial charge in [0.15, 0.2) is 0 Å². The molecular weight excluding hydrogens is 509 g/mol. The molecule has 37 heavy (non-hydrogen) atoms. The molecule has 4 aromatic rings. The van der Waals surface area contributed by atoms with E-state index in [0.717, 1.165) is 40.2 Å². The number of esters is 1. The first-order chi connectivity index (χ1) is 17.9. The van der Waals surface area contributed by atoms with Crippen molar-refractivity contribution in [2.45, 2.75) is 32.8 Å². The number of benzene rings is 3. The summed E-state index contributed by atoms with van der Waals surface area (Å²) in [6.07, 6.45) is 2.91. The maximum Gasteiger partial charge on any atom is 0.337 e. The number of hydrogen-bond donors (Lipinski definition) is 0. The number of aromatic nitrogens is 1. The van der Waals surface area contributed by atoms with Gasteiger partial charge in [0.05, 0.1) is 28.3 Å². The van der Waals surface area contributed by atoms with Crippen molar-refractivity contribution in [2.24, 2.45) is 0 Å². The summed E-state index contributed by atoms with van der Waals surface area (Å²) >= 11 is 12.9. The Morgan fingerprint density at radius 1 is 1.05 bits per heavy atom. The average Bonchev–Trinajstić information content (AvgIpc) is 3.51. The first kappa shape index (κ1) is 25.1. The lowest BCUT2D eigenvalue weighted by atomic mass is 10.0. The van der Waals surface area contributed by atoms with Gasteiger partial charge >= 0.3 is 5.97 Å². The Morgan fingerprint density at radius 2 is 1.81 bits per heavy atom. The van der Waals surface area contributed by atoms with Crippen LogP contribution in [-0.4, -0.2) is 18.2 Å². The Labute approximate surface area is 225 Å². The molecule has 0 spiro atoms. The molecular formula is C30H25Cl2NO4. The zero-order valence-electron chi connectivity index (χ0n) is 20.7. The van der Waals surface area contributed by atoms with Gasteiger partial charge < -0.3 is 14.0 Å². The molecule has 0 amide bonds. The van der Waals surface area contributed by atoms with Gasteiger partial charge in [-0.1, -0.05) is 72.5 Å². The van der Waals surface area contributed by atoms with Gasteiger partial charge in [0.25, 0.3) is 0 Å². The minimum Gasteiger partial charge on any atom is -0.489 e. The molecule has 0 saturated carbocycles. The van der Waals surface area contributed by atoms with Gasteiger partial charge in [-0.25, -0.2) is 4.79 Å². The summed E-state index contributed by atoms with van der Waals surface area (Å²) in [4.78, 5) is 11.9. The largest absolute Gasteiger partial charge is 0.489 e. The van der Waals surface area contributed by atoms with Crippen LogP contribution in [0.25, 0.3) is 22.9 Å². The van der Waals surface area contributed by atoms with Crippen LogP contribution in [-0.2, 0) is 17.8 Å². The van der Waals surface area contributed by atoms with E-state index in [4.69, 9.17) is 37.2 Å². The van der Waals surface area contributed by atoms with Crippen LogP contribution < -0.4 is 4.74 Å². The Kier molecular flexibility index (Phi) is 7.09. The van der Waals surface area contributed by atoms with Crippen LogP contribution in [0.3, 0.4) is 0 Å². The molecule has 0 aliphatic heterocycles. The third-order valence-electron chi connectivity index (χ3n) is 6.41. The topological polar surface area (TPSA) is 61.6 Å². The van der Waals surface area contributed by atoms with Crippen LogP contribution in [0.1, 0.15) is 58.1 Å². The molecule has 5 rings (SSSR count). The Balaban J connectivity index is 1.41. The number of carbonyl (C=O) groups excluding carboxylic acids is 1. The fraction of sp³-hybridized carbons (Fsp3) is 0.200. The Hall–Kier alpha value is -3.54. The quantitative estimate of drug-likeness (QED) is 0.224. The summed E-state index contributed by atoms with van der Waals surface area (Å²) in [7, 11) is 1.39. The third-order valence-corrected chi connectivity index (χ3v) is 7.04. The molecule has 188 valence electrons. The number of methoxy groups -OCH3 is 1. The van der Waals surface area contributed by atoms with Crippen molar-refractivity contribution in [3.8, 4) is 17.0 Å². The number of halogens is 2. The van der Waals surface area contributed by atoms with Crippen LogP contribution in [0.4, 0.5) is 0 Å². The predicted octanol–water partition coefficient (Wildman–Crippen LogP) is 8.23. The monoisotopic (exact) mass is 533 g/mol. The number of allylic oxidation sites excluding steroid dienone is 1. The predicted molar refractivity (Wildman–Crippen MR) is 146 cm³/mol. The third kappa shape index (κ3) is 5.02. The number of hydrogen-bond acceptors (Lipinski definition) is 5. The van der Waals surface area contributed by atoms with E-state index < -0.39 is 0 Å². The maximum atomic E-state index is 11.9. The molecule has 1 aliphatic carbocycles. The summed E-state index contributed by atoms with van der Waals surface area (Å²) in [6.45, 7) is 4.34. The molecule has 1 aliphatic rings. The van der Waals surface area contributed by atoms with Gasteiger partial charge in [-0.15, -0.1) is 0 Å². The highest BCUT2D eigenvalue weighted by Crippen LogP contribution is 2.39. The van der Waals surface area contributed by atoms with E-state index in [1.165, 1.54) is 12.7 Å². The molecule has 0 atom stereocenters. The number of carbonyl (C=O) groups is 1. The second-order valence-corrected chi connectivity index (χ2v) is 10.0. The van der Waals surface area contributed by atoms with E-state index in [0.29, 0.717) is 26.9 Å². The molecule has 0 saturated heterocycles. The summed E-state index contributed by atoms with van der Waals surface area (Å²) in [5.41, 5.74) is 6.99.